The highest BCUT2D eigenvalue weighted by Crippen LogP contribution is 2.21. The third-order valence-corrected chi connectivity index (χ3v) is 3.03. The minimum absolute atomic E-state index is 0.791. The first kappa shape index (κ1) is 10.5. The lowest BCUT2D eigenvalue weighted by atomic mass is 10.2. The summed E-state index contributed by atoms with van der Waals surface area (Å²) in [7, 11) is 4.03. The summed E-state index contributed by atoms with van der Waals surface area (Å²) in [6.07, 6.45) is 5.36. The van der Waals surface area contributed by atoms with E-state index < -0.39 is 0 Å². The van der Waals surface area contributed by atoms with E-state index in [1.807, 2.05) is 25.2 Å². The van der Waals surface area contributed by atoms with E-state index in [0.717, 1.165) is 24.5 Å². The first-order valence-electron chi connectivity index (χ1n) is 4.56. The van der Waals surface area contributed by atoms with E-state index in [2.05, 4.69) is 4.98 Å². The summed E-state index contributed by atoms with van der Waals surface area (Å²) in [6, 6.07) is 0. The fourth-order valence-electron chi connectivity index (χ4n) is 1.06. The number of rotatable bonds is 5. The highest BCUT2D eigenvalue weighted by atomic mass is 32.1. The predicted molar refractivity (Wildman–Crippen MR) is 58.4 cm³/mol. The summed E-state index contributed by atoms with van der Waals surface area (Å²) >= 11 is 1.77. The van der Waals surface area contributed by atoms with Gasteiger partial charge in [-0.05, 0) is 25.8 Å². The van der Waals surface area contributed by atoms with Crippen LogP contribution in [0.2, 0.25) is 0 Å². The van der Waals surface area contributed by atoms with Crippen molar-refractivity contribution in [3.8, 4) is 0 Å². The molecule has 1 heterocycles. The van der Waals surface area contributed by atoms with Crippen molar-refractivity contribution in [1.82, 2.24) is 4.98 Å². The summed E-state index contributed by atoms with van der Waals surface area (Å²) in [4.78, 5) is 7.70. The maximum atomic E-state index is 5.43. The van der Waals surface area contributed by atoms with E-state index in [-0.39, 0.29) is 0 Å². The number of nitrogens with zero attached hydrogens (tertiary/aromatic N) is 2. The number of hydrogen-bond donors (Lipinski definition) is 1. The Morgan fingerprint density at radius 2 is 2.23 bits per heavy atom. The molecule has 1 aromatic heterocycles. The van der Waals surface area contributed by atoms with E-state index in [9.17, 15) is 0 Å². The first-order chi connectivity index (χ1) is 6.24. The van der Waals surface area contributed by atoms with Crippen LogP contribution in [0.25, 0.3) is 0 Å². The molecule has 0 saturated carbocycles. The summed E-state index contributed by atoms with van der Waals surface area (Å²) in [5, 5.41) is 1.09. The molecule has 0 aromatic carbocycles. The van der Waals surface area contributed by atoms with Gasteiger partial charge in [0.15, 0.2) is 5.13 Å². The van der Waals surface area contributed by atoms with Crippen LogP contribution in [-0.2, 0) is 6.42 Å². The molecule has 0 unspecified atom stereocenters. The fourth-order valence-corrected chi connectivity index (χ4v) is 1.94. The van der Waals surface area contributed by atoms with Crippen LogP contribution >= 0.6 is 11.3 Å². The van der Waals surface area contributed by atoms with Gasteiger partial charge >= 0.3 is 0 Å². The molecular formula is C9H17N3S. The Labute approximate surface area is 83.6 Å². The molecule has 0 saturated heterocycles. The Balaban J connectivity index is 2.40. The van der Waals surface area contributed by atoms with Gasteiger partial charge in [0.25, 0.3) is 0 Å². The lowest BCUT2D eigenvalue weighted by Crippen LogP contribution is -2.07. The average Bonchev–Trinajstić information content (AvgIpc) is 2.53. The smallest absolute Gasteiger partial charge is 0.184 e. The van der Waals surface area contributed by atoms with Crippen LogP contribution in [0, 0.1) is 0 Å². The molecule has 0 spiro atoms. The topological polar surface area (TPSA) is 42.2 Å². The number of hydrogen-bond acceptors (Lipinski definition) is 4. The van der Waals surface area contributed by atoms with Gasteiger partial charge in [-0.3, -0.25) is 0 Å². The molecule has 0 amide bonds. The SMILES string of the molecule is CN(C)c1ncc(CCCCN)s1. The summed E-state index contributed by atoms with van der Waals surface area (Å²) in [5.41, 5.74) is 5.43. The predicted octanol–water partition coefficient (Wildman–Crippen LogP) is 1.49. The Hall–Kier alpha value is -0.610. The second kappa shape index (κ2) is 5.19. The molecule has 0 aliphatic heterocycles. The fraction of sp³-hybridized carbons (Fsp3) is 0.667. The van der Waals surface area contributed by atoms with Gasteiger partial charge < -0.3 is 10.6 Å². The van der Waals surface area contributed by atoms with Crippen LogP contribution < -0.4 is 10.6 Å². The summed E-state index contributed by atoms with van der Waals surface area (Å²) in [6.45, 7) is 0.791. The van der Waals surface area contributed by atoms with E-state index in [4.69, 9.17) is 5.73 Å². The largest absolute Gasteiger partial charge is 0.354 e. The number of unbranched alkanes of at least 4 members (excludes halogenated alkanes) is 1. The van der Waals surface area contributed by atoms with Crippen molar-refractivity contribution in [2.24, 2.45) is 5.73 Å². The zero-order chi connectivity index (χ0) is 9.68. The molecule has 1 rings (SSSR count). The molecule has 4 heteroatoms. The second-order valence-electron chi connectivity index (χ2n) is 3.25. The highest BCUT2D eigenvalue weighted by molar-refractivity contribution is 7.15. The van der Waals surface area contributed by atoms with Crippen LogP contribution in [-0.4, -0.2) is 25.6 Å². The van der Waals surface area contributed by atoms with E-state index in [0.29, 0.717) is 0 Å². The standard InChI is InChI=1S/C9H17N3S/c1-12(2)9-11-7-8(13-9)5-3-4-6-10/h7H,3-6,10H2,1-2H3. The molecule has 2 N–H and O–H groups in total. The monoisotopic (exact) mass is 199 g/mol. The van der Waals surface area contributed by atoms with Gasteiger partial charge in [-0.15, -0.1) is 11.3 Å². The van der Waals surface area contributed by atoms with Crippen LogP contribution in [0.4, 0.5) is 5.13 Å². The van der Waals surface area contributed by atoms with Crippen LogP contribution in [0.15, 0.2) is 6.20 Å². The van der Waals surface area contributed by atoms with Crippen molar-refractivity contribution in [3.05, 3.63) is 11.1 Å². The van der Waals surface area contributed by atoms with Gasteiger partial charge in [0.05, 0.1) is 0 Å². The number of nitrogens with two attached hydrogens (primary N) is 1. The summed E-state index contributed by atoms with van der Waals surface area (Å²) < 4.78 is 0. The Bertz CT molecular complexity index is 245. The number of anilines is 1. The van der Waals surface area contributed by atoms with Crippen molar-refractivity contribution in [3.63, 3.8) is 0 Å². The second-order valence-corrected chi connectivity index (χ2v) is 4.34. The Morgan fingerprint density at radius 1 is 1.46 bits per heavy atom. The molecule has 0 bridgehead atoms. The van der Waals surface area contributed by atoms with Crippen LogP contribution in [0.3, 0.4) is 0 Å². The minimum atomic E-state index is 0.791. The third-order valence-electron chi connectivity index (χ3n) is 1.80. The van der Waals surface area contributed by atoms with Gasteiger partial charge in [-0.25, -0.2) is 4.98 Å². The van der Waals surface area contributed by atoms with E-state index >= 15 is 0 Å². The van der Waals surface area contributed by atoms with Crippen molar-refractivity contribution < 1.29 is 0 Å². The van der Waals surface area contributed by atoms with Crippen LogP contribution in [0.5, 0.6) is 0 Å². The summed E-state index contributed by atoms with van der Waals surface area (Å²) in [5.74, 6) is 0. The first-order valence-corrected chi connectivity index (χ1v) is 5.38. The lowest BCUT2D eigenvalue weighted by molar-refractivity contribution is 0.750. The van der Waals surface area contributed by atoms with Gasteiger partial charge in [-0.2, -0.15) is 0 Å². The maximum Gasteiger partial charge on any atom is 0.184 e. The normalized spacial score (nSPS) is 10.4. The number of aryl methyl sites for hydroxylation is 1. The number of thiazole rings is 1. The van der Waals surface area contributed by atoms with Gasteiger partial charge in [0.1, 0.15) is 0 Å². The molecular weight excluding hydrogens is 182 g/mol. The molecule has 74 valence electrons. The highest BCUT2D eigenvalue weighted by Gasteiger charge is 2.02. The zero-order valence-corrected chi connectivity index (χ0v) is 9.10. The quantitative estimate of drug-likeness (QED) is 0.731. The molecule has 1 aromatic rings. The molecule has 0 aliphatic rings. The van der Waals surface area contributed by atoms with Crippen molar-refractivity contribution in [2.75, 3.05) is 25.5 Å². The molecule has 13 heavy (non-hydrogen) atoms. The molecule has 0 atom stereocenters. The average molecular weight is 199 g/mol. The Morgan fingerprint density at radius 3 is 2.77 bits per heavy atom. The van der Waals surface area contributed by atoms with Gasteiger partial charge in [0, 0.05) is 25.2 Å². The third kappa shape index (κ3) is 3.32. The minimum Gasteiger partial charge on any atom is -0.354 e. The van der Waals surface area contributed by atoms with Crippen molar-refractivity contribution in [2.45, 2.75) is 19.3 Å². The maximum absolute atomic E-state index is 5.43. The zero-order valence-electron chi connectivity index (χ0n) is 8.29. The van der Waals surface area contributed by atoms with E-state index in [1.165, 1.54) is 11.3 Å². The molecule has 3 nitrogen and oxygen atoms in total. The Kier molecular flexibility index (Phi) is 4.18. The lowest BCUT2D eigenvalue weighted by Gasteiger charge is -2.05. The molecule has 0 fully saturated rings. The van der Waals surface area contributed by atoms with Crippen molar-refractivity contribution in [1.29, 1.82) is 0 Å². The van der Waals surface area contributed by atoms with Gasteiger partial charge in [0.2, 0.25) is 0 Å². The van der Waals surface area contributed by atoms with Crippen molar-refractivity contribution >= 4 is 16.5 Å². The van der Waals surface area contributed by atoms with E-state index in [1.54, 1.807) is 11.3 Å². The molecule has 0 aliphatic carbocycles. The van der Waals surface area contributed by atoms with Crippen LogP contribution in [0.1, 0.15) is 17.7 Å². The number of aromatic nitrogens is 1. The van der Waals surface area contributed by atoms with Gasteiger partial charge in [-0.1, -0.05) is 0 Å². The molecule has 0 radical (unpaired) electrons.